The van der Waals surface area contributed by atoms with E-state index >= 15 is 0 Å². The van der Waals surface area contributed by atoms with Crippen molar-refractivity contribution in [3.05, 3.63) is 53.2 Å². The van der Waals surface area contributed by atoms with Crippen molar-refractivity contribution in [1.82, 2.24) is 19.9 Å². The van der Waals surface area contributed by atoms with Gasteiger partial charge in [-0.1, -0.05) is 12.1 Å². The normalized spacial score (nSPS) is 15.5. The Kier molecular flexibility index (Phi) is 5.70. The topological polar surface area (TPSA) is 54.4 Å². The minimum atomic E-state index is 0.658. The zero-order valence-corrected chi connectivity index (χ0v) is 18.9. The largest absolute Gasteiger partial charge is 0.494 e. The molecule has 1 fully saturated rings. The number of aryl methyl sites for hydroxylation is 1. The third kappa shape index (κ3) is 4.34. The summed E-state index contributed by atoms with van der Waals surface area (Å²) in [5.41, 5.74) is 3.07. The molecule has 160 valence electrons. The molecule has 2 aromatic carbocycles. The van der Waals surface area contributed by atoms with E-state index in [4.69, 9.17) is 19.7 Å². The van der Waals surface area contributed by atoms with Crippen LogP contribution < -0.4 is 9.64 Å². The molecule has 0 unspecified atom stereocenters. The Hall–Kier alpha value is -2.77. The number of fused-ring (bicyclic) bond motifs is 2. The first-order chi connectivity index (χ1) is 15.2. The van der Waals surface area contributed by atoms with E-state index in [0.29, 0.717) is 6.61 Å². The Balaban J connectivity index is 1.30. The molecule has 0 bridgehead atoms. The molecule has 0 amide bonds. The first kappa shape index (κ1) is 20.2. The van der Waals surface area contributed by atoms with Crippen molar-refractivity contribution in [2.45, 2.75) is 26.8 Å². The van der Waals surface area contributed by atoms with Crippen molar-refractivity contribution in [2.24, 2.45) is 0 Å². The lowest BCUT2D eigenvalue weighted by atomic mass is 10.2. The lowest BCUT2D eigenvalue weighted by Gasteiger charge is -2.22. The molecule has 1 aliphatic rings. The summed E-state index contributed by atoms with van der Waals surface area (Å²) in [6, 6.07) is 14.4. The molecular weight excluding hydrogens is 406 g/mol. The van der Waals surface area contributed by atoms with Crippen LogP contribution >= 0.6 is 11.3 Å². The number of hydrogen-bond donors (Lipinski definition) is 0. The molecule has 0 radical (unpaired) electrons. The van der Waals surface area contributed by atoms with E-state index in [-0.39, 0.29) is 0 Å². The standard InChI is InChI=1S/C24H27N5OS/c1-3-30-18-9-10-20-19(15-18)17(2)25-24(27-20)29-12-6-11-28(13-14-29)16-23-26-21-7-4-5-8-22(21)31-23/h4-5,7-10,15H,3,6,11-14,16H2,1-2H3. The monoisotopic (exact) mass is 433 g/mol. The minimum Gasteiger partial charge on any atom is -0.494 e. The molecule has 7 heteroatoms. The summed E-state index contributed by atoms with van der Waals surface area (Å²) in [6.45, 7) is 9.56. The van der Waals surface area contributed by atoms with Crippen LogP contribution in [0.2, 0.25) is 0 Å². The molecule has 4 aromatic rings. The van der Waals surface area contributed by atoms with Crippen LogP contribution in [0.1, 0.15) is 24.0 Å². The molecule has 0 atom stereocenters. The summed E-state index contributed by atoms with van der Waals surface area (Å²) < 4.78 is 6.90. The van der Waals surface area contributed by atoms with Gasteiger partial charge in [0, 0.05) is 31.6 Å². The maximum Gasteiger partial charge on any atom is 0.226 e. The Morgan fingerprint density at radius 3 is 2.74 bits per heavy atom. The maximum absolute atomic E-state index is 5.64. The zero-order valence-electron chi connectivity index (χ0n) is 18.0. The van der Waals surface area contributed by atoms with E-state index in [1.54, 1.807) is 11.3 Å². The van der Waals surface area contributed by atoms with Crippen LogP contribution in [0.4, 0.5) is 5.95 Å². The van der Waals surface area contributed by atoms with Crippen LogP contribution in [0.15, 0.2) is 42.5 Å². The van der Waals surface area contributed by atoms with Gasteiger partial charge in [0.05, 0.1) is 34.6 Å². The summed E-state index contributed by atoms with van der Waals surface area (Å²) in [7, 11) is 0. The Labute approximate surface area is 186 Å². The van der Waals surface area contributed by atoms with Crippen LogP contribution in [0.5, 0.6) is 5.75 Å². The fourth-order valence-electron chi connectivity index (χ4n) is 4.15. The summed E-state index contributed by atoms with van der Waals surface area (Å²) in [6.07, 6.45) is 1.09. The van der Waals surface area contributed by atoms with Gasteiger partial charge >= 0.3 is 0 Å². The summed E-state index contributed by atoms with van der Waals surface area (Å²) in [5.74, 6) is 1.70. The van der Waals surface area contributed by atoms with Crippen molar-refractivity contribution in [1.29, 1.82) is 0 Å². The average molecular weight is 434 g/mol. The van der Waals surface area contributed by atoms with Crippen molar-refractivity contribution < 1.29 is 4.74 Å². The van der Waals surface area contributed by atoms with Crippen molar-refractivity contribution in [3.8, 4) is 5.75 Å². The third-order valence-electron chi connectivity index (χ3n) is 5.73. The number of benzene rings is 2. The molecule has 0 aliphatic carbocycles. The SMILES string of the molecule is CCOc1ccc2nc(N3CCCN(Cc4nc5ccccc5s4)CC3)nc(C)c2c1. The number of hydrogen-bond acceptors (Lipinski definition) is 7. The van der Waals surface area contributed by atoms with E-state index in [0.717, 1.165) is 73.0 Å². The smallest absolute Gasteiger partial charge is 0.226 e. The maximum atomic E-state index is 5.64. The van der Waals surface area contributed by atoms with E-state index in [1.807, 2.05) is 25.1 Å². The van der Waals surface area contributed by atoms with Gasteiger partial charge < -0.3 is 9.64 Å². The number of thiazole rings is 1. The number of ether oxygens (including phenoxy) is 1. The van der Waals surface area contributed by atoms with Crippen molar-refractivity contribution >= 4 is 38.4 Å². The summed E-state index contributed by atoms with van der Waals surface area (Å²) in [5, 5.41) is 2.25. The fraction of sp³-hybridized carbons (Fsp3) is 0.375. The molecule has 5 rings (SSSR count). The van der Waals surface area contributed by atoms with Gasteiger partial charge in [-0.2, -0.15) is 0 Å². The van der Waals surface area contributed by atoms with Gasteiger partial charge in [0.1, 0.15) is 10.8 Å². The van der Waals surface area contributed by atoms with E-state index in [1.165, 1.54) is 9.71 Å². The molecule has 2 aromatic heterocycles. The first-order valence-corrected chi connectivity index (χ1v) is 11.7. The van der Waals surface area contributed by atoms with E-state index in [2.05, 4.69) is 41.0 Å². The highest BCUT2D eigenvalue weighted by molar-refractivity contribution is 7.18. The molecule has 0 spiro atoms. The van der Waals surface area contributed by atoms with Gasteiger partial charge in [-0.15, -0.1) is 11.3 Å². The molecule has 0 saturated carbocycles. The highest BCUT2D eigenvalue weighted by Gasteiger charge is 2.19. The van der Waals surface area contributed by atoms with Crippen LogP contribution in [-0.4, -0.2) is 52.6 Å². The van der Waals surface area contributed by atoms with Crippen LogP contribution in [0, 0.1) is 6.92 Å². The molecule has 3 heterocycles. The molecule has 1 aliphatic heterocycles. The molecule has 6 nitrogen and oxygen atoms in total. The Morgan fingerprint density at radius 1 is 0.968 bits per heavy atom. The molecule has 0 N–H and O–H groups in total. The number of aromatic nitrogens is 3. The van der Waals surface area contributed by atoms with Crippen molar-refractivity contribution in [2.75, 3.05) is 37.7 Å². The molecular formula is C24H27N5OS. The highest BCUT2D eigenvalue weighted by Crippen LogP contribution is 2.26. The van der Waals surface area contributed by atoms with E-state index in [9.17, 15) is 0 Å². The Morgan fingerprint density at radius 2 is 1.87 bits per heavy atom. The number of rotatable bonds is 5. The van der Waals surface area contributed by atoms with Crippen LogP contribution in [-0.2, 0) is 6.54 Å². The second kappa shape index (κ2) is 8.77. The van der Waals surface area contributed by atoms with E-state index < -0.39 is 0 Å². The lowest BCUT2D eigenvalue weighted by molar-refractivity contribution is 0.285. The van der Waals surface area contributed by atoms with Gasteiger partial charge in [0.2, 0.25) is 5.95 Å². The summed E-state index contributed by atoms with van der Waals surface area (Å²) >= 11 is 1.80. The van der Waals surface area contributed by atoms with Gasteiger partial charge in [-0.3, -0.25) is 4.90 Å². The quantitative estimate of drug-likeness (QED) is 0.456. The van der Waals surface area contributed by atoms with Crippen molar-refractivity contribution in [3.63, 3.8) is 0 Å². The average Bonchev–Trinajstić information content (AvgIpc) is 3.04. The zero-order chi connectivity index (χ0) is 21.2. The van der Waals surface area contributed by atoms with Crippen LogP contribution in [0.3, 0.4) is 0 Å². The number of para-hydroxylation sites is 1. The predicted octanol–water partition coefficient (Wildman–Crippen LogP) is 4.66. The Bertz CT molecular complexity index is 1170. The minimum absolute atomic E-state index is 0.658. The number of anilines is 1. The second-order valence-corrected chi connectivity index (χ2v) is 9.03. The third-order valence-corrected chi connectivity index (χ3v) is 6.75. The fourth-order valence-corrected chi connectivity index (χ4v) is 5.16. The second-order valence-electron chi connectivity index (χ2n) is 7.91. The number of nitrogens with zero attached hydrogens (tertiary/aromatic N) is 5. The van der Waals surface area contributed by atoms with Gasteiger partial charge in [0.25, 0.3) is 0 Å². The molecule has 31 heavy (non-hydrogen) atoms. The first-order valence-electron chi connectivity index (χ1n) is 10.9. The lowest BCUT2D eigenvalue weighted by Crippen LogP contribution is -2.31. The van der Waals surface area contributed by atoms with Gasteiger partial charge in [-0.05, 0) is 50.6 Å². The highest BCUT2D eigenvalue weighted by atomic mass is 32.1. The van der Waals surface area contributed by atoms with Gasteiger partial charge in [-0.25, -0.2) is 15.0 Å². The summed E-state index contributed by atoms with van der Waals surface area (Å²) in [4.78, 5) is 19.3. The predicted molar refractivity (Wildman–Crippen MR) is 127 cm³/mol. The molecule has 1 saturated heterocycles. The van der Waals surface area contributed by atoms with Crippen LogP contribution in [0.25, 0.3) is 21.1 Å². The van der Waals surface area contributed by atoms with Gasteiger partial charge in [0.15, 0.2) is 0 Å².